The van der Waals surface area contributed by atoms with Gasteiger partial charge in [0.25, 0.3) is 5.78 Å². The molecule has 0 spiro atoms. The number of carbonyl (C=O) groups is 2. The number of Topliss-reactive ketones (excluding diaryl/α,β-unsaturated/α-hetero) is 2. The van der Waals surface area contributed by atoms with Gasteiger partial charge >= 0.3 is 0 Å². The van der Waals surface area contributed by atoms with Gasteiger partial charge in [0.2, 0.25) is 11.5 Å². The molecule has 0 unspecified atom stereocenters. The second-order valence-electron chi connectivity index (χ2n) is 4.57. The maximum Gasteiger partial charge on any atom is 0.269 e. The van der Waals surface area contributed by atoms with Crippen molar-refractivity contribution >= 4 is 11.6 Å². The van der Waals surface area contributed by atoms with E-state index in [1.165, 1.54) is 0 Å². The first-order chi connectivity index (χ1) is 10.0. The van der Waals surface area contributed by atoms with Crippen molar-refractivity contribution < 1.29 is 29.6 Å². The Hall–Kier alpha value is -3.02. The Morgan fingerprint density at radius 3 is 2.43 bits per heavy atom. The van der Waals surface area contributed by atoms with Gasteiger partial charge in [0.15, 0.2) is 17.3 Å². The van der Waals surface area contributed by atoms with Gasteiger partial charge in [0.05, 0.1) is 0 Å². The van der Waals surface area contributed by atoms with E-state index in [1.54, 1.807) is 24.3 Å². The van der Waals surface area contributed by atoms with E-state index in [0.717, 1.165) is 6.07 Å². The highest BCUT2D eigenvalue weighted by Gasteiger charge is 2.37. The maximum atomic E-state index is 12.1. The van der Waals surface area contributed by atoms with Crippen LogP contribution in [0.4, 0.5) is 0 Å². The first-order valence-electron chi connectivity index (χ1n) is 6.12. The number of benzene rings is 1. The standard InChI is InChI=1S/C15H10O6/c16-8-6-9-10(12(18)11(8)17)13(19)14(20)15(21-9)7-4-2-1-3-5-7/h1-4,6,16-18H,5H2. The summed E-state index contributed by atoms with van der Waals surface area (Å²) >= 11 is 0. The zero-order chi connectivity index (χ0) is 15.1. The molecule has 0 bridgehead atoms. The maximum absolute atomic E-state index is 12.1. The molecule has 6 nitrogen and oxygen atoms in total. The molecule has 1 aromatic carbocycles. The van der Waals surface area contributed by atoms with Crippen LogP contribution in [0, 0.1) is 0 Å². The summed E-state index contributed by atoms with van der Waals surface area (Å²) in [5, 5.41) is 28.6. The molecule has 1 aliphatic carbocycles. The average molecular weight is 286 g/mol. The van der Waals surface area contributed by atoms with Crippen molar-refractivity contribution in [2.24, 2.45) is 0 Å². The van der Waals surface area contributed by atoms with Crippen LogP contribution in [0.5, 0.6) is 23.0 Å². The molecule has 1 aromatic rings. The summed E-state index contributed by atoms with van der Waals surface area (Å²) in [6.45, 7) is 0. The van der Waals surface area contributed by atoms with Crippen molar-refractivity contribution in [1.82, 2.24) is 0 Å². The number of ether oxygens (including phenoxy) is 1. The van der Waals surface area contributed by atoms with Gasteiger partial charge in [0, 0.05) is 11.6 Å². The lowest BCUT2D eigenvalue weighted by Gasteiger charge is -2.21. The van der Waals surface area contributed by atoms with Crippen LogP contribution in [0.25, 0.3) is 0 Å². The quantitative estimate of drug-likeness (QED) is 0.381. The summed E-state index contributed by atoms with van der Waals surface area (Å²) < 4.78 is 5.36. The summed E-state index contributed by atoms with van der Waals surface area (Å²) in [4.78, 5) is 24.2. The highest BCUT2D eigenvalue weighted by Crippen LogP contribution is 2.46. The van der Waals surface area contributed by atoms with E-state index in [9.17, 15) is 24.9 Å². The lowest BCUT2D eigenvalue weighted by Crippen LogP contribution is -2.27. The Balaban J connectivity index is 2.19. The van der Waals surface area contributed by atoms with E-state index < -0.39 is 34.4 Å². The van der Waals surface area contributed by atoms with E-state index >= 15 is 0 Å². The number of allylic oxidation sites excluding steroid dienone is 6. The highest BCUT2D eigenvalue weighted by molar-refractivity contribution is 6.51. The van der Waals surface area contributed by atoms with Crippen LogP contribution in [0.1, 0.15) is 16.8 Å². The second kappa shape index (κ2) is 4.52. The van der Waals surface area contributed by atoms with Crippen LogP contribution in [-0.2, 0) is 4.79 Å². The molecular weight excluding hydrogens is 276 g/mol. The monoisotopic (exact) mass is 286 g/mol. The molecule has 1 aliphatic heterocycles. The van der Waals surface area contributed by atoms with E-state index in [1.807, 2.05) is 0 Å². The number of rotatable bonds is 0. The Morgan fingerprint density at radius 1 is 1.00 bits per heavy atom. The van der Waals surface area contributed by atoms with Gasteiger partial charge < -0.3 is 20.1 Å². The van der Waals surface area contributed by atoms with Gasteiger partial charge in [-0.3, -0.25) is 9.59 Å². The second-order valence-corrected chi connectivity index (χ2v) is 4.57. The SMILES string of the molecule is O=C1C(=O)c2c(cc(O)c(O)c2O)OC1=C1C=CC=CC1. The number of carbonyl (C=O) groups excluding carboxylic acids is 2. The molecule has 3 rings (SSSR count). The lowest BCUT2D eigenvalue weighted by molar-refractivity contribution is -0.114. The third-order valence-electron chi connectivity index (χ3n) is 3.24. The van der Waals surface area contributed by atoms with Crippen molar-refractivity contribution in [3.8, 4) is 23.0 Å². The molecule has 6 heteroatoms. The van der Waals surface area contributed by atoms with E-state index in [4.69, 9.17) is 4.74 Å². The fourth-order valence-electron chi connectivity index (χ4n) is 2.19. The number of aromatic hydroxyl groups is 3. The molecular formula is C15H10O6. The molecule has 0 aromatic heterocycles. The number of hydrogen-bond donors (Lipinski definition) is 3. The smallest absolute Gasteiger partial charge is 0.269 e. The van der Waals surface area contributed by atoms with E-state index in [-0.39, 0.29) is 11.5 Å². The molecule has 0 amide bonds. The molecule has 0 fully saturated rings. The normalized spacial score (nSPS) is 20.4. The number of ketones is 2. The van der Waals surface area contributed by atoms with Gasteiger partial charge in [-0.15, -0.1) is 0 Å². The fraction of sp³-hybridized carbons (Fsp3) is 0.0667. The van der Waals surface area contributed by atoms with Gasteiger partial charge in [-0.25, -0.2) is 0 Å². The van der Waals surface area contributed by atoms with Gasteiger partial charge in [-0.05, 0) is 6.42 Å². The van der Waals surface area contributed by atoms with E-state index in [0.29, 0.717) is 12.0 Å². The zero-order valence-electron chi connectivity index (χ0n) is 10.7. The third-order valence-corrected chi connectivity index (χ3v) is 3.24. The van der Waals surface area contributed by atoms with Crippen LogP contribution in [-0.4, -0.2) is 26.9 Å². The van der Waals surface area contributed by atoms with Crippen LogP contribution in [0.2, 0.25) is 0 Å². The zero-order valence-corrected chi connectivity index (χ0v) is 10.7. The fourth-order valence-corrected chi connectivity index (χ4v) is 2.19. The number of phenols is 3. The van der Waals surface area contributed by atoms with Crippen LogP contribution >= 0.6 is 0 Å². The average Bonchev–Trinajstić information content (AvgIpc) is 2.49. The largest absolute Gasteiger partial charge is 0.504 e. The summed E-state index contributed by atoms with van der Waals surface area (Å²) in [5.74, 6) is -4.58. The predicted octanol–water partition coefficient (Wildman–Crippen LogP) is 1.72. The number of phenolic OH excluding ortho intramolecular Hbond substituents is 3. The highest BCUT2D eigenvalue weighted by atomic mass is 16.5. The van der Waals surface area contributed by atoms with Gasteiger partial charge in [-0.2, -0.15) is 0 Å². The Kier molecular flexibility index (Phi) is 2.79. The Bertz CT molecular complexity index is 767. The molecule has 1 heterocycles. The summed E-state index contributed by atoms with van der Waals surface area (Å²) in [6, 6.07) is 0.984. The van der Waals surface area contributed by atoms with Crippen LogP contribution in [0.3, 0.4) is 0 Å². The molecule has 0 saturated heterocycles. The topological polar surface area (TPSA) is 104 Å². The number of hydrogen-bond acceptors (Lipinski definition) is 6. The first kappa shape index (κ1) is 13.0. The van der Waals surface area contributed by atoms with Crippen molar-refractivity contribution in [3.63, 3.8) is 0 Å². The molecule has 0 atom stereocenters. The minimum absolute atomic E-state index is 0.141. The van der Waals surface area contributed by atoms with E-state index in [2.05, 4.69) is 0 Å². The minimum atomic E-state index is -0.991. The van der Waals surface area contributed by atoms with Crippen molar-refractivity contribution in [2.75, 3.05) is 0 Å². The molecule has 2 aliphatic rings. The van der Waals surface area contributed by atoms with Gasteiger partial charge in [-0.1, -0.05) is 24.3 Å². The van der Waals surface area contributed by atoms with Crippen molar-refractivity contribution in [3.05, 3.63) is 47.3 Å². The molecule has 0 radical (unpaired) electrons. The Morgan fingerprint density at radius 2 is 1.76 bits per heavy atom. The molecule has 106 valence electrons. The third kappa shape index (κ3) is 1.88. The lowest BCUT2D eigenvalue weighted by atomic mass is 9.96. The molecule has 0 saturated carbocycles. The van der Waals surface area contributed by atoms with Crippen molar-refractivity contribution in [2.45, 2.75) is 6.42 Å². The number of fused-ring (bicyclic) bond motifs is 1. The summed E-state index contributed by atoms with van der Waals surface area (Å²) in [6.07, 6.45) is 7.36. The predicted molar refractivity (Wildman–Crippen MR) is 71.3 cm³/mol. The van der Waals surface area contributed by atoms with Gasteiger partial charge in [0.1, 0.15) is 11.3 Å². The summed E-state index contributed by atoms with van der Waals surface area (Å²) in [7, 11) is 0. The Labute approximate surface area is 118 Å². The van der Waals surface area contributed by atoms with Crippen molar-refractivity contribution in [1.29, 1.82) is 0 Å². The van der Waals surface area contributed by atoms with Crippen LogP contribution < -0.4 is 4.74 Å². The molecule has 3 N–H and O–H groups in total. The van der Waals surface area contributed by atoms with Crippen LogP contribution in [0.15, 0.2) is 41.7 Å². The minimum Gasteiger partial charge on any atom is -0.504 e. The first-order valence-corrected chi connectivity index (χ1v) is 6.12. The summed E-state index contributed by atoms with van der Waals surface area (Å²) in [5.41, 5.74) is 0.0727. The molecule has 21 heavy (non-hydrogen) atoms.